The van der Waals surface area contributed by atoms with Crippen molar-refractivity contribution in [2.45, 2.75) is 19.4 Å². The van der Waals surface area contributed by atoms with E-state index in [1.54, 1.807) is 12.5 Å². The van der Waals surface area contributed by atoms with E-state index in [4.69, 9.17) is 5.84 Å². The summed E-state index contributed by atoms with van der Waals surface area (Å²) in [7, 11) is 0. The highest BCUT2D eigenvalue weighted by atomic mass is 15.4. The van der Waals surface area contributed by atoms with Gasteiger partial charge in [-0.15, -0.1) is 0 Å². The Morgan fingerprint density at radius 1 is 1.56 bits per heavy atom. The van der Waals surface area contributed by atoms with Gasteiger partial charge in [-0.1, -0.05) is 0 Å². The third-order valence-corrected chi connectivity index (χ3v) is 1.18. The highest BCUT2D eigenvalue weighted by Crippen LogP contribution is 2.12. The third kappa shape index (κ3) is 1.54. The van der Waals surface area contributed by atoms with Crippen molar-refractivity contribution in [3.63, 3.8) is 0 Å². The average molecular weight is 125 g/mol. The van der Waals surface area contributed by atoms with Crippen LogP contribution >= 0.6 is 0 Å². The molecule has 0 aromatic carbocycles. The van der Waals surface area contributed by atoms with E-state index in [9.17, 15) is 0 Å². The summed E-state index contributed by atoms with van der Waals surface area (Å²) in [5.41, 5.74) is -0.0735. The molecule has 3 nitrogen and oxygen atoms in total. The average Bonchev–Trinajstić information content (AvgIpc) is 1.78. The Morgan fingerprint density at radius 2 is 2.22 bits per heavy atom. The first-order valence-corrected chi connectivity index (χ1v) is 2.88. The van der Waals surface area contributed by atoms with Gasteiger partial charge in [-0.25, -0.2) is 5.84 Å². The molecular weight excluding hydrogens is 114 g/mol. The minimum atomic E-state index is -0.0735. The summed E-state index contributed by atoms with van der Waals surface area (Å²) in [6, 6.07) is 0. The van der Waals surface area contributed by atoms with Crippen molar-refractivity contribution in [3.8, 4) is 0 Å². The summed E-state index contributed by atoms with van der Waals surface area (Å²) >= 11 is 0. The Kier molecular flexibility index (Phi) is 1.29. The zero-order valence-electron chi connectivity index (χ0n) is 5.70. The van der Waals surface area contributed by atoms with Crippen LogP contribution in [0.5, 0.6) is 0 Å². The van der Waals surface area contributed by atoms with Crippen LogP contribution in [0.15, 0.2) is 17.3 Å². The molecule has 0 unspecified atom stereocenters. The van der Waals surface area contributed by atoms with Gasteiger partial charge in [-0.05, 0) is 19.9 Å². The second-order valence-electron chi connectivity index (χ2n) is 2.66. The van der Waals surface area contributed by atoms with Crippen molar-refractivity contribution >= 4 is 6.34 Å². The van der Waals surface area contributed by atoms with Gasteiger partial charge < -0.3 is 0 Å². The standard InChI is InChI=1S/C6H11N3/c1-6(2)3-4-9(7)5-8-6/h3-5H,7H2,1-2H3. The topological polar surface area (TPSA) is 41.6 Å². The highest BCUT2D eigenvalue weighted by Gasteiger charge is 2.13. The number of nitrogens with zero attached hydrogens (tertiary/aromatic N) is 2. The summed E-state index contributed by atoms with van der Waals surface area (Å²) in [5.74, 6) is 5.35. The van der Waals surface area contributed by atoms with Gasteiger partial charge >= 0.3 is 0 Å². The van der Waals surface area contributed by atoms with Crippen LogP contribution in [0.3, 0.4) is 0 Å². The summed E-state index contributed by atoms with van der Waals surface area (Å²) in [5, 5.41) is 1.44. The maximum Gasteiger partial charge on any atom is 0.104 e. The largest absolute Gasteiger partial charge is 0.277 e. The predicted molar refractivity (Wildman–Crippen MR) is 37.7 cm³/mol. The van der Waals surface area contributed by atoms with Gasteiger partial charge in [0, 0.05) is 6.20 Å². The van der Waals surface area contributed by atoms with Crippen molar-refractivity contribution in [1.82, 2.24) is 5.01 Å². The van der Waals surface area contributed by atoms with Crippen molar-refractivity contribution < 1.29 is 0 Å². The van der Waals surface area contributed by atoms with Crippen molar-refractivity contribution in [2.24, 2.45) is 10.8 Å². The molecule has 0 fully saturated rings. The maximum absolute atomic E-state index is 5.35. The Balaban J connectivity index is 2.70. The van der Waals surface area contributed by atoms with Crippen LogP contribution in [0.2, 0.25) is 0 Å². The Hall–Kier alpha value is -0.830. The van der Waals surface area contributed by atoms with Gasteiger partial charge in [-0.2, -0.15) is 0 Å². The van der Waals surface area contributed by atoms with E-state index in [0.717, 1.165) is 0 Å². The van der Waals surface area contributed by atoms with Gasteiger partial charge in [-0.3, -0.25) is 10.0 Å². The van der Waals surface area contributed by atoms with Gasteiger partial charge in [0.05, 0.1) is 5.54 Å². The number of hydrazine groups is 1. The maximum atomic E-state index is 5.35. The molecule has 9 heavy (non-hydrogen) atoms. The number of nitrogens with two attached hydrogens (primary N) is 1. The molecule has 1 heterocycles. The SMILES string of the molecule is CC1(C)C=CN(N)C=N1. The van der Waals surface area contributed by atoms with E-state index in [0.29, 0.717) is 0 Å². The zero-order chi connectivity index (χ0) is 6.91. The van der Waals surface area contributed by atoms with E-state index < -0.39 is 0 Å². The van der Waals surface area contributed by atoms with Gasteiger partial charge in [0.2, 0.25) is 0 Å². The Labute approximate surface area is 54.8 Å². The zero-order valence-corrected chi connectivity index (χ0v) is 5.70. The van der Waals surface area contributed by atoms with Crippen LogP contribution in [0, 0.1) is 0 Å². The second-order valence-corrected chi connectivity index (χ2v) is 2.66. The lowest BCUT2D eigenvalue weighted by atomic mass is 10.1. The third-order valence-electron chi connectivity index (χ3n) is 1.18. The number of hydrogen-bond donors (Lipinski definition) is 1. The molecule has 0 spiro atoms. The molecule has 0 aromatic rings. The first kappa shape index (κ1) is 6.29. The first-order valence-electron chi connectivity index (χ1n) is 2.88. The van der Waals surface area contributed by atoms with Crippen molar-refractivity contribution in [3.05, 3.63) is 12.3 Å². The summed E-state index contributed by atoms with van der Waals surface area (Å²) in [4.78, 5) is 4.13. The van der Waals surface area contributed by atoms with E-state index in [-0.39, 0.29) is 5.54 Å². The number of hydrogen-bond acceptors (Lipinski definition) is 3. The van der Waals surface area contributed by atoms with E-state index >= 15 is 0 Å². The number of rotatable bonds is 0. The second kappa shape index (κ2) is 1.84. The molecule has 3 heteroatoms. The van der Waals surface area contributed by atoms with Crippen LogP contribution in [0.25, 0.3) is 0 Å². The number of aliphatic imine (C=N–C) groups is 1. The minimum Gasteiger partial charge on any atom is -0.277 e. The summed E-state index contributed by atoms with van der Waals surface area (Å²) in [6.45, 7) is 4.04. The summed E-state index contributed by atoms with van der Waals surface area (Å²) < 4.78 is 0. The molecule has 1 aliphatic rings. The molecule has 1 rings (SSSR count). The molecule has 1 aliphatic heterocycles. The van der Waals surface area contributed by atoms with E-state index in [2.05, 4.69) is 4.99 Å². The predicted octanol–water partition coefficient (Wildman–Crippen LogP) is 0.496. The minimum absolute atomic E-state index is 0.0735. The van der Waals surface area contributed by atoms with Gasteiger partial charge in [0.15, 0.2) is 0 Å². The Morgan fingerprint density at radius 3 is 2.56 bits per heavy atom. The molecule has 0 amide bonds. The molecule has 0 aromatic heterocycles. The van der Waals surface area contributed by atoms with Crippen LogP contribution in [-0.2, 0) is 0 Å². The van der Waals surface area contributed by atoms with E-state index in [1.807, 2.05) is 19.9 Å². The molecule has 50 valence electrons. The van der Waals surface area contributed by atoms with Gasteiger partial charge in [0.25, 0.3) is 0 Å². The van der Waals surface area contributed by atoms with Gasteiger partial charge in [0.1, 0.15) is 6.34 Å². The highest BCUT2D eigenvalue weighted by molar-refractivity contribution is 5.58. The molecule has 0 radical (unpaired) electrons. The fraction of sp³-hybridized carbons (Fsp3) is 0.500. The molecule has 0 aliphatic carbocycles. The van der Waals surface area contributed by atoms with Crippen molar-refractivity contribution in [1.29, 1.82) is 0 Å². The molecular formula is C6H11N3. The lowest BCUT2D eigenvalue weighted by molar-refractivity contribution is 0.543. The van der Waals surface area contributed by atoms with Crippen molar-refractivity contribution in [2.75, 3.05) is 0 Å². The van der Waals surface area contributed by atoms with E-state index in [1.165, 1.54) is 5.01 Å². The molecule has 0 bridgehead atoms. The van der Waals surface area contributed by atoms with Crippen LogP contribution in [0.1, 0.15) is 13.8 Å². The molecule has 0 atom stereocenters. The smallest absolute Gasteiger partial charge is 0.104 e. The fourth-order valence-corrected chi connectivity index (χ4v) is 0.565. The molecule has 0 saturated carbocycles. The fourth-order valence-electron chi connectivity index (χ4n) is 0.565. The lowest BCUT2D eigenvalue weighted by Gasteiger charge is -2.21. The van der Waals surface area contributed by atoms with Crippen LogP contribution in [0.4, 0.5) is 0 Å². The van der Waals surface area contributed by atoms with Crippen LogP contribution in [-0.4, -0.2) is 16.9 Å². The normalized spacial score (nSPS) is 22.8. The Bertz CT molecular complexity index is 142. The quantitative estimate of drug-likeness (QED) is 0.479. The lowest BCUT2D eigenvalue weighted by Crippen LogP contribution is -2.30. The molecule has 2 N–H and O–H groups in total. The monoisotopic (exact) mass is 125 g/mol. The summed E-state index contributed by atoms with van der Waals surface area (Å²) in [6.07, 6.45) is 5.36. The molecule has 0 saturated heterocycles. The van der Waals surface area contributed by atoms with Crippen LogP contribution < -0.4 is 5.84 Å². The first-order chi connectivity index (χ1) is 4.10.